The molecular weight excluding hydrogens is 941 g/mol. The van der Waals surface area contributed by atoms with Crippen molar-refractivity contribution in [2.75, 3.05) is 49.3 Å². The van der Waals surface area contributed by atoms with Gasteiger partial charge in [0, 0.05) is 0 Å². The molecule has 9 rings (SSSR count). The van der Waals surface area contributed by atoms with Crippen LogP contribution in [0.15, 0.2) is 243 Å². The SMILES string of the molecule is c1ccc([P+]2(c3ccccc3)CCCCCC[P+](c3ccccc3)(c3ccccc3)CCCC[P+](c3ccccc3)(c3ccccc3)CCCCCC[P+](c3ccccc3)(c3ccccc3)CCCC2)cc1. The van der Waals surface area contributed by atoms with E-state index in [4.69, 9.17) is 0 Å². The van der Waals surface area contributed by atoms with Gasteiger partial charge in [-0.3, -0.25) is 0 Å². The van der Waals surface area contributed by atoms with E-state index in [0.717, 1.165) is 0 Å². The normalized spacial score (nSPS) is 18.4. The predicted octanol–water partition coefficient (Wildman–Crippen LogP) is 15.4. The topological polar surface area (TPSA) is 0 Å². The van der Waals surface area contributed by atoms with E-state index < -0.39 is 29.0 Å². The average molecular weight is 1020 g/mol. The third-order valence-electron chi connectivity index (χ3n) is 16.3. The molecule has 0 nitrogen and oxygen atoms in total. The minimum atomic E-state index is -1.68. The van der Waals surface area contributed by atoms with E-state index in [1.807, 2.05) is 0 Å². The van der Waals surface area contributed by atoms with Crippen molar-refractivity contribution >= 4 is 71.5 Å². The molecule has 1 aliphatic rings. The second kappa shape index (κ2) is 26.6. The van der Waals surface area contributed by atoms with Gasteiger partial charge in [-0.2, -0.15) is 0 Å². The van der Waals surface area contributed by atoms with E-state index in [1.54, 1.807) is 42.4 Å². The lowest BCUT2D eigenvalue weighted by molar-refractivity contribution is 0.703. The Balaban J connectivity index is 1.07. The molecule has 1 fully saturated rings. The molecule has 0 aromatic heterocycles. The molecule has 0 aliphatic carbocycles. The van der Waals surface area contributed by atoms with Crippen molar-refractivity contribution in [2.24, 2.45) is 0 Å². The Hall–Kier alpha value is -4.52. The molecule has 72 heavy (non-hydrogen) atoms. The molecule has 0 atom stereocenters. The Labute approximate surface area is 437 Å². The Morgan fingerprint density at radius 3 is 0.375 bits per heavy atom. The number of hydrogen-bond donors (Lipinski definition) is 0. The minimum Gasteiger partial charge on any atom is -0.0620 e. The average Bonchev–Trinajstić information content (AvgIpc) is 3.46. The van der Waals surface area contributed by atoms with E-state index in [9.17, 15) is 0 Å². The first-order chi connectivity index (χ1) is 35.7. The van der Waals surface area contributed by atoms with Crippen LogP contribution in [0.1, 0.15) is 77.0 Å². The lowest BCUT2D eigenvalue weighted by atomic mass is 10.2. The fourth-order valence-corrected chi connectivity index (χ4v) is 30.8. The van der Waals surface area contributed by atoms with Crippen LogP contribution in [-0.4, -0.2) is 49.3 Å². The van der Waals surface area contributed by atoms with E-state index in [1.165, 1.54) is 126 Å². The third-order valence-corrected chi connectivity index (χ3v) is 35.3. The highest BCUT2D eigenvalue weighted by molar-refractivity contribution is 7.90. The van der Waals surface area contributed by atoms with Gasteiger partial charge in [-0.1, -0.05) is 146 Å². The number of hydrogen-bond acceptors (Lipinski definition) is 0. The fraction of sp³-hybridized carbons (Fsp3) is 0.294. The van der Waals surface area contributed by atoms with Crippen LogP contribution in [0.2, 0.25) is 0 Å². The van der Waals surface area contributed by atoms with Crippen LogP contribution in [0.4, 0.5) is 0 Å². The molecule has 0 unspecified atom stereocenters. The van der Waals surface area contributed by atoms with Crippen molar-refractivity contribution in [3.8, 4) is 0 Å². The highest BCUT2D eigenvalue weighted by atomic mass is 31.2. The Kier molecular flexibility index (Phi) is 19.4. The summed E-state index contributed by atoms with van der Waals surface area (Å²) in [5, 5.41) is 12.8. The van der Waals surface area contributed by atoms with E-state index in [-0.39, 0.29) is 0 Å². The van der Waals surface area contributed by atoms with E-state index in [2.05, 4.69) is 243 Å². The van der Waals surface area contributed by atoms with Crippen molar-refractivity contribution in [3.63, 3.8) is 0 Å². The zero-order valence-corrected chi connectivity index (χ0v) is 46.6. The summed E-state index contributed by atoms with van der Waals surface area (Å²) in [6.45, 7) is 0. The third kappa shape index (κ3) is 12.5. The molecule has 0 amide bonds. The first-order valence-corrected chi connectivity index (χ1v) is 36.2. The first kappa shape index (κ1) is 52.3. The monoisotopic (exact) mass is 1020 g/mol. The van der Waals surface area contributed by atoms with Crippen LogP contribution >= 0.6 is 29.0 Å². The van der Waals surface area contributed by atoms with Crippen molar-refractivity contribution in [1.29, 1.82) is 0 Å². The maximum Gasteiger partial charge on any atom is 0.0991 e. The summed E-state index contributed by atoms with van der Waals surface area (Å²) in [7, 11) is -6.72. The minimum absolute atomic E-state index is 1.27. The second-order valence-corrected chi connectivity index (χ2v) is 36.0. The molecule has 8 aromatic carbocycles. The lowest BCUT2D eigenvalue weighted by Gasteiger charge is -2.31. The van der Waals surface area contributed by atoms with Gasteiger partial charge in [-0.25, -0.2) is 0 Å². The van der Waals surface area contributed by atoms with Crippen LogP contribution in [0.25, 0.3) is 0 Å². The number of benzene rings is 8. The van der Waals surface area contributed by atoms with Gasteiger partial charge in [0.1, 0.15) is 0 Å². The Morgan fingerprint density at radius 1 is 0.139 bits per heavy atom. The maximum absolute atomic E-state index is 2.49. The summed E-state index contributed by atoms with van der Waals surface area (Å²) in [6.07, 6.45) is 25.7. The Bertz CT molecular complexity index is 2190. The molecule has 8 aromatic rings. The first-order valence-electron chi connectivity index (χ1n) is 27.6. The predicted molar refractivity (Wildman–Crippen MR) is 331 cm³/mol. The summed E-state index contributed by atoms with van der Waals surface area (Å²) in [6, 6.07) is 94.7. The van der Waals surface area contributed by atoms with Gasteiger partial charge >= 0.3 is 0 Å². The quantitative estimate of drug-likeness (QED) is 0.133. The standard InChI is InChI=1S/C68H80P4/c1-2-30-54-70(63-41-17-7-18-42-63,64-43-19-8-20-44-64)58-35-36-60-72(67-49-25-11-26-50-67,68-51-27-12-28-52-68)56-32-4-3-31-55-71(65-45-21-9-22-46-65,66-47-23-10-24-48-66)59-34-33-57-69(53-29-1,61-37-13-5-14-38-61)62-39-15-6-16-40-62/h5-28,37-52H,1-4,29-36,53-60H2/q+4. The largest absolute Gasteiger partial charge is 0.0991 e. The summed E-state index contributed by atoms with van der Waals surface area (Å²) in [5.74, 6) is 0. The molecular formula is C68H80P4+4. The van der Waals surface area contributed by atoms with Crippen LogP contribution in [0.3, 0.4) is 0 Å². The van der Waals surface area contributed by atoms with Crippen molar-refractivity contribution < 1.29 is 0 Å². The maximum atomic E-state index is 2.49. The second-order valence-electron chi connectivity index (χ2n) is 20.6. The fourth-order valence-electron chi connectivity index (χ4n) is 12.6. The van der Waals surface area contributed by atoms with Crippen LogP contribution in [-0.2, 0) is 0 Å². The van der Waals surface area contributed by atoms with Crippen molar-refractivity contribution in [3.05, 3.63) is 243 Å². The zero-order valence-electron chi connectivity index (χ0n) is 43.0. The van der Waals surface area contributed by atoms with Crippen LogP contribution in [0.5, 0.6) is 0 Å². The molecule has 4 heteroatoms. The molecule has 0 bridgehead atoms. The van der Waals surface area contributed by atoms with Gasteiger partial charge < -0.3 is 0 Å². The molecule has 0 spiro atoms. The van der Waals surface area contributed by atoms with Gasteiger partial charge in [0.25, 0.3) is 0 Å². The molecule has 0 radical (unpaired) electrons. The van der Waals surface area contributed by atoms with Gasteiger partial charge in [0.05, 0.1) is 121 Å². The van der Waals surface area contributed by atoms with Gasteiger partial charge in [0.2, 0.25) is 0 Å². The summed E-state index contributed by atoms with van der Waals surface area (Å²) in [4.78, 5) is 0. The van der Waals surface area contributed by atoms with Crippen LogP contribution in [0, 0.1) is 0 Å². The summed E-state index contributed by atoms with van der Waals surface area (Å²) >= 11 is 0. The van der Waals surface area contributed by atoms with Crippen molar-refractivity contribution in [1.82, 2.24) is 0 Å². The molecule has 1 saturated heterocycles. The van der Waals surface area contributed by atoms with Gasteiger partial charge in [-0.15, -0.1) is 0 Å². The molecule has 368 valence electrons. The highest BCUT2D eigenvalue weighted by Crippen LogP contribution is 2.63. The zero-order chi connectivity index (χ0) is 49.0. The molecule has 1 aliphatic heterocycles. The van der Waals surface area contributed by atoms with Gasteiger partial charge in [0.15, 0.2) is 0 Å². The molecule has 0 N–H and O–H groups in total. The van der Waals surface area contributed by atoms with E-state index >= 15 is 0 Å². The molecule has 0 saturated carbocycles. The Morgan fingerprint density at radius 2 is 0.250 bits per heavy atom. The number of rotatable bonds is 8. The van der Waals surface area contributed by atoms with Crippen LogP contribution < -0.4 is 42.4 Å². The smallest absolute Gasteiger partial charge is 0.0620 e. The van der Waals surface area contributed by atoms with E-state index in [0.29, 0.717) is 0 Å². The molecule has 1 heterocycles. The highest BCUT2D eigenvalue weighted by Gasteiger charge is 2.47. The summed E-state index contributed by atoms with van der Waals surface area (Å²) in [5.41, 5.74) is 0. The summed E-state index contributed by atoms with van der Waals surface area (Å²) < 4.78 is 0. The van der Waals surface area contributed by atoms with Crippen molar-refractivity contribution in [2.45, 2.75) is 77.0 Å². The lowest BCUT2D eigenvalue weighted by Crippen LogP contribution is -2.30. The van der Waals surface area contributed by atoms with Gasteiger partial charge in [-0.05, 0) is 174 Å².